The quantitative estimate of drug-likeness (QED) is 0.848. The number of alkyl halides is 3. The van der Waals surface area contributed by atoms with E-state index in [2.05, 4.69) is 15.3 Å². The number of nitrogens with two attached hydrogens (primary N) is 1. The van der Waals surface area contributed by atoms with Crippen LogP contribution in [0.1, 0.15) is 21.5 Å². The Morgan fingerprint density at radius 3 is 2.73 bits per heavy atom. The summed E-state index contributed by atoms with van der Waals surface area (Å²) in [7, 11) is 0. The summed E-state index contributed by atoms with van der Waals surface area (Å²) < 4.78 is 38.4. The third-order valence-electron chi connectivity index (χ3n) is 2.73. The number of rotatable bonds is 3. The van der Waals surface area contributed by atoms with Gasteiger partial charge in [-0.3, -0.25) is 9.78 Å². The van der Waals surface area contributed by atoms with Gasteiger partial charge in [0.15, 0.2) is 0 Å². The summed E-state index contributed by atoms with van der Waals surface area (Å²) in [5.74, 6) is -0.571. The van der Waals surface area contributed by atoms with E-state index in [4.69, 9.17) is 17.3 Å². The van der Waals surface area contributed by atoms with Crippen LogP contribution in [0.25, 0.3) is 0 Å². The molecule has 0 aliphatic rings. The van der Waals surface area contributed by atoms with Gasteiger partial charge in [-0.1, -0.05) is 11.6 Å². The Labute approximate surface area is 128 Å². The van der Waals surface area contributed by atoms with Crippen LogP contribution in [-0.2, 0) is 12.7 Å². The number of nitrogens with one attached hydrogen (secondary N) is 1. The highest BCUT2D eigenvalue weighted by molar-refractivity contribution is 6.29. The lowest BCUT2D eigenvalue weighted by atomic mass is 10.1. The summed E-state index contributed by atoms with van der Waals surface area (Å²) in [5, 5.41) is 2.39. The minimum absolute atomic E-state index is 0.0186. The Morgan fingerprint density at radius 2 is 2.09 bits per heavy atom. The fraction of sp³-hybridized carbons (Fsp3) is 0.154. The zero-order valence-corrected chi connectivity index (χ0v) is 11.7. The lowest BCUT2D eigenvalue weighted by Crippen LogP contribution is -2.24. The number of nitrogens with zero attached hydrogens (tertiary/aromatic N) is 2. The Morgan fingerprint density at radius 1 is 1.36 bits per heavy atom. The monoisotopic (exact) mass is 330 g/mol. The summed E-state index contributed by atoms with van der Waals surface area (Å²) in [6, 6.07) is 3.74. The number of hydrogen-bond acceptors (Lipinski definition) is 4. The van der Waals surface area contributed by atoms with Gasteiger partial charge in [0.2, 0.25) is 0 Å². The molecule has 2 aromatic heterocycles. The van der Waals surface area contributed by atoms with Gasteiger partial charge in [0.25, 0.3) is 5.91 Å². The third-order valence-corrected chi connectivity index (χ3v) is 2.93. The molecule has 0 aliphatic carbocycles. The normalized spacial score (nSPS) is 11.3. The number of aromatic nitrogens is 2. The minimum Gasteiger partial charge on any atom is -0.384 e. The lowest BCUT2D eigenvalue weighted by molar-refractivity contribution is -0.138. The van der Waals surface area contributed by atoms with Crippen LogP contribution in [0.4, 0.5) is 19.0 Å². The van der Waals surface area contributed by atoms with Gasteiger partial charge in [0.1, 0.15) is 11.0 Å². The maximum atomic E-state index is 12.8. The van der Waals surface area contributed by atoms with Gasteiger partial charge in [-0.05, 0) is 23.8 Å². The van der Waals surface area contributed by atoms with Crippen molar-refractivity contribution in [2.45, 2.75) is 12.7 Å². The minimum atomic E-state index is -4.54. The molecule has 0 saturated carbocycles. The first-order valence-corrected chi connectivity index (χ1v) is 6.36. The first-order chi connectivity index (χ1) is 10.3. The summed E-state index contributed by atoms with van der Waals surface area (Å²) in [6.07, 6.45) is -2.61. The summed E-state index contributed by atoms with van der Waals surface area (Å²) in [4.78, 5) is 19.1. The molecule has 0 radical (unpaired) electrons. The highest BCUT2D eigenvalue weighted by Gasteiger charge is 2.33. The molecule has 5 nitrogen and oxygen atoms in total. The molecule has 0 fully saturated rings. The molecule has 0 aromatic carbocycles. The Hall–Kier alpha value is -2.35. The maximum absolute atomic E-state index is 12.8. The predicted molar refractivity (Wildman–Crippen MR) is 74.1 cm³/mol. The van der Waals surface area contributed by atoms with Gasteiger partial charge in [-0.25, -0.2) is 4.98 Å². The Bertz CT molecular complexity index is 686. The zero-order valence-electron chi connectivity index (χ0n) is 11.0. The van der Waals surface area contributed by atoms with Crippen molar-refractivity contribution in [3.63, 3.8) is 0 Å². The van der Waals surface area contributed by atoms with E-state index in [9.17, 15) is 18.0 Å². The highest BCUT2D eigenvalue weighted by Crippen LogP contribution is 2.31. The number of carbonyl (C=O) groups excluding carboxylic acids is 1. The van der Waals surface area contributed by atoms with Crippen LogP contribution in [0.2, 0.25) is 5.15 Å². The molecule has 22 heavy (non-hydrogen) atoms. The zero-order chi connectivity index (χ0) is 16.3. The van der Waals surface area contributed by atoms with Crippen LogP contribution < -0.4 is 11.1 Å². The fourth-order valence-corrected chi connectivity index (χ4v) is 1.97. The summed E-state index contributed by atoms with van der Waals surface area (Å²) in [5.41, 5.74) is 4.57. The van der Waals surface area contributed by atoms with Gasteiger partial charge in [0.05, 0.1) is 5.56 Å². The second-order valence-corrected chi connectivity index (χ2v) is 4.70. The SMILES string of the molecule is Nc1cc(C(=O)NCc2ccncc2C(F)(F)F)cc(Cl)n1. The molecule has 0 spiro atoms. The largest absolute Gasteiger partial charge is 0.418 e. The van der Waals surface area contributed by atoms with E-state index < -0.39 is 17.6 Å². The number of nitrogen functional groups attached to an aromatic ring is 1. The molecule has 2 aromatic rings. The molecule has 0 bridgehead atoms. The molecule has 2 heterocycles. The second-order valence-electron chi connectivity index (χ2n) is 4.32. The van der Waals surface area contributed by atoms with Crippen molar-refractivity contribution in [1.82, 2.24) is 15.3 Å². The topological polar surface area (TPSA) is 80.9 Å². The predicted octanol–water partition coefficient (Wildman–Crippen LogP) is 2.66. The number of amides is 1. The van der Waals surface area contributed by atoms with Crippen molar-refractivity contribution in [2.24, 2.45) is 0 Å². The molecule has 0 aliphatic heterocycles. The number of hydrogen-bond donors (Lipinski definition) is 2. The van der Waals surface area contributed by atoms with Gasteiger partial charge in [-0.2, -0.15) is 13.2 Å². The molecular weight excluding hydrogens is 321 g/mol. The van der Waals surface area contributed by atoms with Crippen molar-refractivity contribution in [3.8, 4) is 0 Å². The van der Waals surface area contributed by atoms with Gasteiger partial charge in [0, 0.05) is 24.5 Å². The molecule has 9 heteroatoms. The van der Waals surface area contributed by atoms with Gasteiger partial charge in [-0.15, -0.1) is 0 Å². The van der Waals surface area contributed by atoms with Crippen molar-refractivity contribution in [3.05, 3.63) is 52.4 Å². The van der Waals surface area contributed by atoms with Crippen LogP contribution >= 0.6 is 11.6 Å². The van der Waals surface area contributed by atoms with E-state index in [-0.39, 0.29) is 28.6 Å². The molecule has 116 valence electrons. The van der Waals surface area contributed by atoms with E-state index in [0.29, 0.717) is 6.20 Å². The fourth-order valence-electron chi connectivity index (χ4n) is 1.76. The number of pyridine rings is 2. The standard InChI is InChI=1S/C13H10ClF3N4O/c14-10-3-8(4-11(18)21-10)12(22)20-5-7-1-2-19-6-9(7)13(15,16)17/h1-4,6H,5H2,(H2,18,21)(H,20,22). The number of halogens is 4. The first kappa shape index (κ1) is 16.0. The molecule has 3 N–H and O–H groups in total. The Kier molecular flexibility index (Phi) is 4.51. The highest BCUT2D eigenvalue weighted by atomic mass is 35.5. The van der Waals surface area contributed by atoms with E-state index in [1.54, 1.807) is 0 Å². The summed E-state index contributed by atoms with van der Waals surface area (Å²) >= 11 is 5.67. The van der Waals surface area contributed by atoms with E-state index in [1.165, 1.54) is 24.4 Å². The maximum Gasteiger partial charge on any atom is 0.418 e. The van der Waals surface area contributed by atoms with Crippen LogP contribution in [0.5, 0.6) is 0 Å². The van der Waals surface area contributed by atoms with E-state index >= 15 is 0 Å². The van der Waals surface area contributed by atoms with Gasteiger partial charge >= 0.3 is 6.18 Å². The van der Waals surface area contributed by atoms with Crippen LogP contribution in [0.15, 0.2) is 30.6 Å². The van der Waals surface area contributed by atoms with Crippen LogP contribution in [0, 0.1) is 0 Å². The third kappa shape index (κ3) is 3.85. The molecule has 1 amide bonds. The number of carbonyl (C=O) groups is 1. The lowest BCUT2D eigenvalue weighted by Gasteiger charge is -2.12. The van der Waals surface area contributed by atoms with E-state index in [0.717, 1.165) is 0 Å². The summed E-state index contributed by atoms with van der Waals surface area (Å²) in [6.45, 7) is -0.309. The average Bonchev–Trinajstić information content (AvgIpc) is 2.43. The smallest absolute Gasteiger partial charge is 0.384 e. The van der Waals surface area contributed by atoms with E-state index in [1.807, 2.05) is 0 Å². The van der Waals surface area contributed by atoms with Crippen molar-refractivity contribution in [1.29, 1.82) is 0 Å². The molecule has 0 saturated heterocycles. The molecule has 0 unspecified atom stereocenters. The Balaban J connectivity index is 2.15. The second kappa shape index (κ2) is 6.18. The van der Waals surface area contributed by atoms with Crippen LogP contribution in [0.3, 0.4) is 0 Å². The average molecular weight is 331 g/mol. The first-order valence-electron chi connectivity index (χ1n) is 5.98. The molecule has 2 rings (SSSR count). The van der Waals surface area contributed by atoms with Crippen molar-refractivity contribution in [2.75, 3.05) is 5.73 Å². The van der Waals surface area contributed by atoms with Gasteiger partial charge < -0.3 is 11.1 Å². The number of anilines is 1. The van der Waals surface area contributed by atoms with Crippen molar-refractivity contribution >= 4 is 23.3 Å². The molecule has 0 atom stereocenters. The molecular formula is C13H10ClF3N4O. The van der Waals surface area contributed by atoms with Crippen LogP contribution in [-0.4, -0.2) is 15.9 Å². The van der Waals surface area contributed by atoms with Crippen molar-refractivity contribution < 1.29 is 18.0 Å².